The monoisotopic (exact) mass is 682 g/mol. The molecule has 1 aliphatic rings. The summed E-state index contributed by atoms with van der Waals surface area (Å²) in [6.45, 7) is 3.24. The van der Waals surface area contributed by atoms with Crippen molar-refractivity contribution in [2.75, 3.05) is 6.54 Å². The molecule has 3 aromatic rings. The van der Waals surface area contributed by atoms with Crippen molar-refractivity contribution >= 4 is 39.3 Å². The molecule has 13 heteroatoms. The van der Waals surface area contributed by atoms with Gasteiger partial charge in [-0.1, -0.05) is 71.8 Å². The summed E-state index contributed by atoms with van der Waals surface area (Å²) < 4.78 is 29.0. The van der Waals surface area contributed by atoms with Crippen molar-refractivity contribution in [3.8, 4) is 0 Å². The molecule has 0 bridgehead atoms. The number of nitrogens with zero attached hydrogens (tertiary/aromatic N) is 1. The van der Waals surface area contributed by atoms with Gasteiger partial charge in [0.1, 0.15) is 12.1 Å². The minimum atomic E-state index is -3.99. The number of halogens is 1. The van der Waals surface area contributed by atoms with Crippen LogP contribution in [0, 0.1) is 6.92 Å². The third kappa shape index (κ3) is 10.3. The van der Waals surface area contributed by atoms with Crippen LogP contribution in [0.15, 0.2) is 66.7 Å². The minimum Gasteiger partial charge on any atom is -0.352 e. The molecular weight excluding hydrogens is 640 g/mol. The molecule has 1 heterocycles. The maximum atomic E-state index is 14.0. The zero-order chi connectivity index (χ0) is 34.0. The van der Waals surface area contributed by atoms with Gasteiger partial charge < -0.3 is 27.0 Å². The van der Waals surface area contributed by atoms with Crippen molar-refractivity contribution in [2.24, 2.45) is 11.5 Å². The average Bonchev–Trinajstić information content (AvgIpc) is 3.55. The van der Waals surface area contributed by atoms with Crippen LogP contribution in [0.5, 0.6) is 0 Å². The Hall–Kier alpha value is -3.81. The average molecular weight is 683 g/mol. The third-order valence-corrected chi connectivity index (χ3v) is 9.81. The lowest BCUT2D eigenvalue weighted by Crippen LogP contribution is -2.53. The van der Waals surface area contributed by atoms with Crippen LogP contribution in [0.4, 0.5) is 0 Å². The summed E-state index contributed by atoms with van der Waals surface area (Å²) in [6.07, 6.45) is 0.776. The summed E-state index contributed by atoms with van der Waals surface area (Å²) in [5.74, 6) is -1.60. The highest BCUT2D eigenvalue weighted by Gasteiger charge is 2.38. The van der Waals surface area contributed by atoms with E-state index in [0.29, 0.717) is 30.0 Å². The molecule has 0 aromatic heterocycles. The number of benzene rings is 3. The summed E-state index contributed by atoms with van der Waals surface area (Å²) in [5, 5.41) is 6.26. The molecule has 4 rings (SSSR count). The molecule has 3 amide bonds. The molecule has 0 aliphatic carbocycles. The van der Waals surface area contributed by atoms with E-state index in [4.69, 9.17) is 23.1 Å². The quantitative estimate of drug-likeness (QED) is 0.164. The maximum Gasteiger partial charge on any atom is 0.243 e. The summed E-state index contributed by atoms with van der Waals surface area (Å²) in [7, 11) is -3.99. The van der Waals surface area contributed by atoms with E-state index in [2.05, 4.69) is 15.4 Å². The number of amides is 3. The van der Waals surface area contributed by atoms with Gasteiger partial charge in [-0.15, -0.1) is 0 Å². The fraction of sp³-hybridized carbons (Fsp3) is 0.382. The van der Waals surface area contributed by atoms with Gasteiger partial charge in [0.05, 0.1) is 5.75 Å². The van der Waals surface area contributed by atoms with Crippen molar-refractivity contribution < 1.29 is 22.8 Å². The van der Waals surface area contributed by atoms with Gasteiger partial charge in [0.2, 0.25) is 27.7 Å². The van der Waals surface area contributed by atoms with Crippen molar-refractivity contribution in [1.29, 1.82) is 0 Å². The largest absolute Gasteiger partial charge is 0.352 e. The molecular formula is C34H43ClN6O5S. The third-order valence-electron chi connectivity index (χ3n) is 8.22. The van der Waals surface area contributed by atoms with Crippen molar-refractivity contribution in [3.63, 3.8) is 0 Å². The van der Waals surface area contributed by atoms with Crippen LogP contribution in [-0.4, -0.2) is 49.7 Å². The number of aryl methyl sites for hydroxylation is 1. The van der Waals surface area contributed by atoms with Crippen LogP contribution in [0.1, 0.15) is 59.1 Å². The number of hydrogen-bond acceptors (Lipinski definition) is 7. The van der Waals surface area contributed by atoms with Gasteiger partial charge in [0, 0.05) is 44.2 Å². The van der Waals surface area contributed by atoms with Crippen molar-refractivity contribution in [2.45, 2.75) is 76.6 Å². The molecule has 3 aromatic carbocycles. The number of sulfonamides is 1. The van der Waals surface area contributed by atoms with E-state index in [1.54, 1.807) is 48.5 Å². The second-order valence-corrected chi connectivity index (χ2v) is 13.9. The van der Waals surface area contributed by atoms with Crippen molar-refractivity contribution in [1.82, 2.24) is 20.3 Å². The standard InChI is InChI=1S/C34H43ClN6O5S/c1-23-9-10-25(18-36)27(16-23)20-38-32(42)14-13-30(40-47(45,46)22-24-6-3-2-4-7-24)34(44)41-15-5-8-31(41)33(43)39-21-28-17-29(35)12-11-26(28)19-37/h2-4,6-7,9-12,16-17,30-31,40H,5,8,13-15,18-22,36-37H2,1H3,(H,38,42)(H,39,43)/t30-,31+/m1/s1. The van der Waals surface area contributed by atoms with Crippen LogP contribution in [0.2, 0.25) is 5.02 Å². The van der Waals surface area contributed by atoms with Crippen LogP contribution in [0.25, 0.3) is 0 Å². The zero-order valence-corrected chi connectivity index (χ0v) is 28.1. The van der Waals surface area contributed by atoms with E-state index >= 15 is 0 Å². The molecule has 2 atom stereocenters. The lowest BCUT2D eigenvalue weighted by atomic mass is 10.0. The SMILES string of the molecule is Cc1ccc(CN)c(CNC(=O)CC[C@@H](NS(=O)(=O)Cc2ccccc2)C(=O)N2CCC[C@H]2C(=O)NCc2cc(Cl)ccc2CN)c1. The van der Waals surface area contributed by atoms with E-state index in [1.165, 1.54) is 4.90 Å². The molecule has 0 spiro atoms. The number of rotatable bonds is 15. The van der Waals surface area contributed by atoms with Crippen molar-refractivity contribution in [3.05, 3.63) is 105 Å². The predicted octanol–water partition coefficient (Wildman–Crippen LogP) is 2.76. The predicted molar refractivity (Wildman–Crippen MR) is 182 cm³/mol. The lowest BCUT2D eigenvalue weighted by Gasteiger charge is -2.29. The Balaban J connectivity index is 1.46. The topological polar surface area (TPSA) is 177 Å². The Morgan fingerprint density at radius 1 is 0.915 bits per heavy atom. The van der Waals surface area contributed by atoms with E-state index < -0.39 is 28.0 Å². The van der Waals surface area contributed by atoms with Gasteiger partial charge in [-0.05, 0) is 66.1 Å². The molecule has 7 N–H and O–H groups in total. The first-order valence-corrected chi connectivity index (χ1v) is 17.7. The van der Waals surface area contributed by atoms with E-state index in [-0.39, 0.29) is 56.6 Å². The fourth-order valence-corrected chi connectivity index (χ4v) is 7.28. The van der Waals surface area contributed by atoms with Gasteiger partial charge in [0.15, 0.2) is 0 Å². The Kier molecular flexibility index (Phi) is 12.9. The Morgan fingerprint density at radius 2 is 1.57 bits per heavy atom. The first kappa shape index (κ1) is 36.0. The molecule has 11 nitrogen and oxygen atoms in total. The second kappa shape index (κ2) is 16.8. The number of carbonyl (C=O) groups excluding carboxylic acids is 3. The maximum absolute atomic E-state index is 14.0. The van der Waals surface area contributed by atoms with Crippen LogP contribution < -0.4 is 26.8 Å². The first-order valence-electron chi connectivity index (χ1n) is 15.6. The van der Waals surface area contributed by atoms with E-state index in [9.17, 15) is 22.8 Å². The number of likely N-dealkylation sites (tertiary alicyclic amines) is 1. The fourth-order valence-electron chi connectivity index (χ4n) is 5.72. The Labute approximate surface area is 281 Å². The highest BCUT2D eigenvalue weighted by Crippen LogP contribution is 2.22. The number of hydrogen-bond donors (Lipinski definition) is 5. The molecule has 252 valence electrons. The summed E-state index contributed by atoms with van der Waals surface area (Å²) >= 11 is 6.15. The van der Waals surface area contributed by atoms with Gasteiger partial charge >= 0.3 is 0 Å². The number of nitrogens with one attached hydrogen (secondary N) is 3. The molecule has 1 fully saturated rings. The molecule has 1 aliphatic heterocycles. The second-order valence-electron chi connectivity index (χ2n) is 11.7. The highest BCUT2D eigenvalue weighted by atomic mass is 35.5. The first-order chi connectivity index (χ1) is 22.5. The highest BCUT2D eigenvalue weighted by molar-refractivity contribution is 7.88. The smallest absolute Gasteiger partial charge is 0.243 e. The van der Waals surface area contributed by atoms with E-state index in [0.717, 1.165) is 27.8 Å². The van der Waals surface area contributed by atoms with Gasteiger partial charge in [-0.2, -0.15) is 0 Å². The number of carbonyl (C=O) groups is 3. The summed E-state index contributed by atoms with van der Waals surface area (Å²) in [4.78, 5) is 41.7. The Morgan fingerprint density at radius 3 is 2.28 bits per heavy atom. The molecule has 1 saturated heterocycles. The molecule has 0 radical (unpaired) electrons. The molecule has 0 saturated carbocycles. The number of nitrogens with two attached hydrogens (primary N) is 2. The van der Waals surface area contributed by atoms with E-state index in [1.807, 2.05) is 25.1 Å². The normalized spacial score (nSPS) is 15.3. The van der Waals surface area contributed by atoms with Crippen LogP contribution >= 0.6 is 11.6 Å². The Bertz CT molecular complexity index is 1670. The van der Waals surface area contributed by atoms with Gasteiger partial charge in [0.25, 0.3) is 0 Å². The molecule has 47 heavy (non-hydrogen) atoms. The lowest BCUT2D eigenvalue weighted by molar-refractivity contribution is -0.140. The van der Waals surface area contributed by atoms with Gasteiger partial charge in [-0.25, -0.2) is 13.1 Å². The minimum absolute atomic E-state index is 0.0938. The molecule has 0 unspecified atom stereocenters. The van der Waals surface area contributed by atoms with Crippen LogP contribution in [-0.2, 0) is 56.3 Å². The zero-order valence-electron chi connectivity index (χ0n) is 26.5. The summed E-state index contributed by atoms with van der Waals surface area (Å²) in [5.41, 5.74) is 16.7. The summed E-state index contributed by atoms with van der Waals surface area (Å²) in [6, 6.07) is 17.6. The van der Waals surface area contributed by atoms with Gasteiger partial charge in [-0.3, -0.25) is 14.4 Å². The van der Waals surface area contributed by atoms with Crippen LogP contribution in [0.3, 0.4) is 0 Å².